The van der Waals surface area contributed by atoms with E-state index in [1.807, 2.05) is 0 Å². The minimum atomic E-state index is -3.33. The molecule has 3 rings (SSSR count). The summed E-state index contributed by atoms with van der Waals surface area (Å²) in [7, 11) is -3.33. The second-order valence-corrected chi connectivity index (χ2v) is 9.06. The molecule has 2 atom stereocenters. The van der Waals surface area contributed by atoms with E-state index in [1.54, 1.807) is 6.20 Å². The van der Waals surface area contributed by atoms with Crippen LogP contribution in [0.1, 0.15) is 30.9 Å². The van der Waals surface area contributed by atoms with Crippen molar-refractivity contribution in [1.29, 1.82) is 0 Å². The van der Waals surface area contributed by atoms with Crippen molar-refractivity contribution in [2.45, 2.75) is 30.1 Å². The van der Waals surface area contributed by atoms with Crippen molar-refractivity contribution in [3.8, 4) is 0 Å². The van der Waals surface area contributed by atoms with Gasteiger partial charge in [-0.1, -0.05) is 11.6 Å². The summed E-state index contributed by atoms with van der Waals surface area (Å²) in [6.45, 7) is 4.65. The second-order valence-electron chi connectivity index (χ2n) is 6.64. The number of halogens is 1. The van der Waals surface area contributed by atoms with Gasteiger partial charge in [-0.15, -0.1) is 0 Å². The van der Waals surface area contributed by atoms with Crippen molar-refractivity contribution in [2.24, 2.45) is 5.92 Å². The van der Waals surface area contributed by atoms with Gasteiger partial charge < -0.3 is 9.64 Å². The number of hydrogen-bond donors (Lipinski definition) is 0. The van der Waals surface area contributed by atoms with Crippen molar-refractivity contribution in [3.05, 3.63) is 23.0 Å². The van der Waals surface area contributed by atoms with Crippen LogP contribution >= 0.6 is 11.6 Å². The normalized spacial score (nSPS) is 26.5. The minimum absolute atomic E-state index is 0.146. The zero-order chi connectivity index (χ0) is 16.4. The Morgan fingerprint density at radius 1 is 1.43 bits per heavy atom. The molecule has 0 radical (unpaired) electrons. The van der Waals surface area contributed by atoms with E-state index in [9.17, 15) is 8.42 Å². The summed E-state index contributed by atoms with van der Waals surface area (Å²) in [5.41, 5.74) is 0.671. The number of ether oxygens (including phenoxy) is 1. The van der Waals surface area contributed by atoms with Crippen molar-refractivity contribution in [2.75, 3.05) is 39.1 Å². The highest BCUT2D eigenvalue weighted by atomic mass is 35.5. The van der Waals surface area contributed by atoms with E-state index in [2.05, 4.69) is 9.88 Å². The van der Waals surface area contributed by atoms with Crippen LogP contribution in [-0.4, -0.2) is 57.4 Å². The first-order valence-electron chi connectivity index (χ1n) is 8.09. The Morgan fingerprint density at radius 2 is 2.26 bits per heavy atom. The first-order chi connectivity index (χ1) is 10.9. The number of nitrogens with zero attached hydrogens (tertiary/aromatic N) is 2. The van der Waals surface area contributed by atoms with Gasteiger partial charge in [-0.3, -0.25) is 4.98 Å². The Labute approximate surface area is 142 Å². The molecule has 0 amide bonds. The quantitative estimate of drug-likeness (QED) is 0.826. The molecule has 0 bridgehead atoms. The summed E-state index contributed by atoms with van der Waals surface area (Å²) >= 11 is 5.95. The van der Waals surface area contributed by atoms with Crippen molar-refractivity contribution in [1.82, 2.24) is 9.88 Å². The van der Waals surface area contributed by atoms with E-state index in [0.717, 1.165) is 52.1 Å². The third kappa shape index (κ3) is 4.24. The monoisotopic (exact) mass is 358 g/mol. The van der Waals surface area contributed by atoms with Crippen molar-refractivity contribution < 1.29 is 13.2 Å². The highest BCUT2D eigenvalue weighted by molar-refractivity contribution is 7.90. The third-order valence-corrected chi connectivity index (χ3v) is 6.01. The van der Waals surface area contributed by atoms with E-state index < -0.39 is 9.84 Å². The molecule has 0 spiro atoms. The van der Waals surface area contributed by atoms with E-state index in [0.29, 0.717) is 16.6 Å². The zero-order valence-electron chi connectivity index (χ0n) is 13.4. The molecule has 2 aliphatic rings. The third-order valence-electron chi connectivity index (χ3n) is 4.68. The lowest BCUT2D eigenvalue weighted by Crippen LogP contribution is -2.38. The molecule has 2 aliphatic heterocycles. The lowest BCUT2D eigenvalue weighted by molar-refractivity contribution is 0.149. The van der Waals surface area contributed by atoms with Gasteiger partial charge in [0.05, 0.1) is 22.2 Å². The van der Waals surface area contributed by atoms with Gasteiger partial charge >= 0.3 is 0 Å². The molecule has 0 aromatic carbocycles. The van der Waals surface area contributed by atoms with Gasteiger partial charge in [-0.2, -0.15) is 0 Å². The van der Waals surface area contributed by atoms with Gasteiger partial charge in [0.25, 0.3) is 0 Å². The molecule has 23 heavy (non-hydrogen) atoms. The molecule has 3 heterocycles. The predicted molar refractivity (Wildman–Crippen MR) is 89.7 cm³/mol. The van der Waals surface area contributed by atoms with Crippen LogP contribution in [0.5, 0.6) is 0 Å². The van der Waals surface area contributed by atoms with Gasteiger partial charge in [0.1, 0.15) is 0 Å². The van der Waals surface area contributed by atoms with Gasteiger partial charge in [-0.25, -0.2) is 8.42 Å². The highest BCUT2D eigenvalue weighted by Crippen LogP contribution is 2.32. The molecule has 0 N–H and O–H groups in total. The fraction of sp³-hybridized carbons (Fsp3) is 0.688. The number of pyridine rings is 1. The van der Waals surface area contributed by atoms with Gasteiger partial charge in [0.15, 0.2) is 9.84 Å². The first kappa shape index (κ1) is 17.1. The highest BCUT2D eigenvalue weighted by Gasteiger charge is 2.29. The molecule has 1 aromatic rings. The number of rotatable bonds is 4. The largest absolute Gasteiger partial charge is 0.381 e. The fourth-order valence-electron chi connectivity index (χ4n) is 3.57. The molecule has 1 aromatic heterocycles. The summed E-state index contributed by atoms with van der Waals surface area (Å²) in [5, 5.41) is 0.366. The van der Waals surface area contributed by atoms with E-state index in [-0.39, 0.29) is 10.8 Å². The number of hydrogen-bond acceptors (Lipinski definition) is 5. The Morgan fingerprint density at radius 3 is 2.96 bits per heavy atom. The van der Waals surface area contributed by atoms with Crippen LogP contribution in [0.4, 0.5) is 0 Å². The van der Waals surface area contributed by atoms with E-state index in [1.165, 1.54) is 12.3 Å². The maximum absolute atomic E-state index is 12.1. The maximum atomic E-state index is 12.1. The zero-order valence-corrected chi connectivity index (χ0v) is 14.9. The van der Waals surface area contributed by atoms with E-state index >= 15 is 0 Å². The summed E-state index contributed by atoms with van der Waals surface area (Å²) in [5.74, 6) is 0.745. The Balaban J connectivity index is 1.78. The molecule has 2 fully saturated rings. The average Bonchev–Trinajstić information content (AvgIpc) is 2.99. The van der Waals surface area contributed by atoms with Gasteiger partial charge in [0.2, 0.25) is 0 Å². The SMILES string of the molecule is CS(=O)(=O)c1cc(Cl)cnc1[C@@H]1CCCN(C[C@@H]2CCOC2)C1. The summed E-state index contributed by atoms with van der Waals surface area (Å²) in [4.78, 5) is 7.08. The topological polar surface area (TPSA) is 59.5 Å². The van der Waals surface area contributed by atoms with Crippen LogP contribution in [0.15, 0.2) is 17.2 Å². The fourth-order valence-corrected chi connectivity index (χ4v) is 4.73. The summed E-state index contributed by atoms with van der Waals surface area (Å²) < 4.78 is 29.6. The standard InChI is InChI=1S/C16H23ClN2O3S/c1-23(20,21)15-7-14(17)8-18-16(15)13-3-2-5-19(10-13)9-12-4-6-22-11-12/h7-8,12-13H,2-6,9-11H2,1H3/t12-,13+/m0/s1. The maximum Gasteiger partial charge on any atom is 0.177 e. The Kier molecular flexibility index (Phi) is 5.26. The number of likely N-dealkylation sites (tertiary alicyclic amines) is 1. The molecule has 2 saturated heterocycles. The van der Waals surface area contributed by atoms with Crippen LogP contribution in [0, 0.1) is 5.92 Å². The Bertz CT molecular complexity index is 659. The molecule has 5 nitrogen and oxygen atoms in total. The lowest BCUT2D eigenvalue weighted by Gasteiger charge is -2.34. The van der Waals surface area contributed by atoms with Crippen LogP contribution in [0.25, 0.3) is 0 Å². The molecule has 7 heteroatoms. The smallest absolute Gasteiger partial charge is 0.177 e. The summed E-state index contributed by atoms with van der Waals surface area (Å²) in [6, 6.07) is 1.53. The van der Waals surface area contributed by atoms with Crippen LogP contribution in [0.2, 0.25) is 5.02 Å². The molecule has 0 unspecified atom stereocenters. The van der Waals surface area contributed by atoms with Gasteiger partial charge in [0, 0.05) is 38.1 Å². The first-order valence-corrected chi connectivity index (χ1v) is 10.4. The number of sulfone groups is 1. The minimum Gasteiger partial charge on any atom is -0.381 e. The molecular weight excluding hydrogens is 336 g/mol. The van der Waals surface area contributed by atoms with E-state index in [4.69, 9.17) is 16.3 Å². The van der Waals surface area contributed by atoms with Crippen LogP contribution in [0.3, 0.4) is 0 Å². The average molecular weight is 359 g/mol. The predicted octanol–water partition coefficient (Wildman–Crippen LogP) is 2.35. The van der Waals surface area contributed by atoms with Crippen LogP contribution < -0.4 is 0 Å². The lowest BCUT2D eigenvalue weighted by atomic mass is 9.93. The van der Waals surface area contributed by atoms with Crippen molar-refractivity contribution >= 4 is 21.4 Å². The molecule has 0 aliphatic carbocycles. The Hall–Kier alpha value is -0.690. The summed E-state index contributed by atoms with van der Waals surface area (Å²) in [6.07, 6.45) is 5.92. The number of piperidine rings is 1. The molecule has 0 saturated carbocycles. The molecule has 128 valence electrons. The second kappa shape index (κ2) is 7.05. The van der Waals surface area contributed by atoms with Crippen LogP contribution in [-0.2, 0) is 14.6 Å². The number of aromatic nitrogens is 1. The molecular formula is C16H23ClN2O3S. The van der Waals surface area contributed by atoms with Gasteiger partial charge in [-0.05, 0) is 37.8 Å². The van der Waals surface area contributed by atoms with Crippen molar-refractivity contribution in [3.63, 3.8) is 0 Å².